The van der Waals surface area contributed by atoms with Crippen LogP contribution in [0.3, 0.4) is 0 Å². The Morgan fingerprint density at radius 3 is 2.19 bits per heavy atom. The molecule has 6 heteroatoms. The van der Waals surface area contributed by atoms with E-state index < -0.39 is 24.0 Å². The number of carbonyl (C=O) groups is 1. The van der Waals surface area contributed by atoms with Crippen molar-refractivity contribution in [2.45, 2.75) is 76.3 Å². The van der Waals surface area contributed by atoms with Gasteiger partial charge < -0.3 is 14.6 Å². The minimum absolute atomic E-state index is 0.0890. The van der Waals surface area contributed by atoms with E-state index in [1.807, 2.05) is 6.07 Å². The average Bonchev–Trinajstić information content (AvgIpc) is 2.69. The van der Waals surface area contributed by atoms with Gasteiger partial charge in [0, 0.05) is 5.56 Å². The van der Waals surface area contributed by atoms with E-state index in [-0.39, 0.29) is 17.6 Å². The summed E-state index contributed by atoms with van der Waals surface area (Å²) in [4.78, 5) is 11.2. The zero-order valence-electron chi connectivity index (χ0n) is 15.5. The van der Waals surface area contributed by atoms with Gasteiger partial charge in [-0.3, -0.25) is 4.74 Å². The summed E-state index contributed by atoms with van der Waals surface area (Å²) >= 11 is 0. The zero-order valence-corrected chi connectivity index (χ0v) is 15.5. The summed E-state index contributed by atoms with van der Waals surface area (Å²) in [5.74, 6) is 0.00863. The van der Waals surface area contributed by atoms with Crippen LogP contribution in [0.4, 0.5) is 9.18 Å². The van der Waals surface area contributed by atoms with Crippen molar-refractivity contribution >= 4 is 6.16 Å². The molecule has 0 radical (unpaired) electrons. The van der Waals surface area contributed by atoms with Crippen LogP contribution in [0.15, 0.2) is 18.2 Å². The average molecular weight is 378 g/mol. The maximum absolute atomic E-state index is 14.7. The van der Waals surface area contributed by atoms with Gasteiger partial charge in [-0.1, -0.05) is 50.7 Å². The molecule has 1 aliphatic heterocycles. The van der Waals surface area contributed by atoms with Crippen LogP contribution in [-0.4, -0.2) is 17.7 Å². The van der Waals surface area contributed by atoms with Crippen LogP contribution in [0.1, 0.15) is 69.8 Å². The molecule has 1 heterocycles. The lowest BCUT2D eigenvalue weighted by molar-refractivity contribution is -0.324. The number of benzene rings is 1. The molecule has 148 valence electrons. The summed E-state index contributed by atoms with van der Waals surface area (Å²) in [6.45, 7) is -1.43. The number of ether oxygens (including phenoxy) is 3. The molecule has 5 nitrogen and oxygen atoms in total. The standard InChI is InChI=1S/C21H27FO5/c22-17-13-7-12-16-18(17)25-20(26-19(23)24)27-21(16,14-8-3-1-4-9-14)15-10-5-2-6-11-15/h7,12-15,20H,1-6,8-11H2,(H,23,24). The minimum atomic E-state index is -1.49. The Bertz CT molecular complexity index is 661. The molecule has 27 heavy (non-hydrogen) atoms. The number of hydrogen-bond acceptors (Lipinski definition) is 4. The van der Waals surface area contributed by atoms with Gasteiger partial charge in [0.15, 0.2) is 11.6 Å². The van der Waals surface area contributed by atoms with Crippen LogP contribution in [0, 0.1) is 17.7 Å². The molecular formula is C21H27FO5. The van der Waals surface area contributed by atoms with Crippen LogP contribution >= 0.6 is 0 Å². The van der Waals surface area contributed by atoms with E-state index in [4.69, 9.17) is 19.3 Å². The molecule has 1 aromatic rings. The first kappa shape index (κ1) is 18.5. The van der Waals surface area contributed by atoms with Gasteiger partial charge in [-0.2, -0.15) is 0 Å². The third-order valence-corrected chi connectivity index (χ3v) is 6.51. The van der Waals surface area contributed by atoms with E-state index in [0.717, 1.165) is 56.9 Å². The summed E-state index contributed by atoms with van der Waals surface area (Å²) in [6, 6.07) is 4.92. The summed E-state index contributed by atoms with van der Waals surface area (Å²) in [6.07, 6.45) is 9.31. The molecule has 0 amide bonds. The molecule has 2 aliphatic carbocycles. The maximum Gasteiger partial charge on any atom is 0.510 e. The predicted molar refractivity (Wildman–Crippen MR) is 95.8 cm³/mol. The first-order valence-electron chi connectivity index (χ1n) is 10.1. The zero-order chi connectivity index (χ0) is 18.9. The van der Waals surface area contributed by atoms with Crippen LogP contribution in [-0.2, 0) is 15.1 Å². The Labute approximate surface area is 158 Å². The monoisotopic (exact) mass is 378 g/mol. The van der Waals surface area contributed by atoms with E-state index in [1.165, 1.54) is 18.9 Å². The second-order valence-electron chi connectivity index (χ2n) is 7.99. The Hall–Kier alpha value is -1.82. The summed E-state index contributed by atoms with van der Waals surface area (Å²) in [5.41, 5.74) is -0.0251. The smallest absolute Gasteiger partial charge is 0.450 e. The number of halogens is 1. The molecule has 1 unspecified atom stereocenters. The highest BCUT2D eigenvalue weighted by molar-refractivity contribution is 5.57. The Balaban J connectivity index is 1.83. The van der Waals surface area contributed by atoms with E-state index in [9.17, 15) is 9.18 Å². The Kier molecular flexibility index (Phi) is 5.26. The largest absolute Gasteiger partial charge is 0.510 e. The highest BCUT2D eigenvalue weighted by Gasteiger charge is 2.54. The van der Waals surface area contributed by atoms with Gasteiger partial charge in [0.1, 0.15) is 5.60 Å². The summed E-state index contributed by atoms with van der Waals surface area (Å²) < 4.78 is 31.4. The van der Waals surface area contributed by atoms with Crippen molar-refractivity contribution in [3.05, 3.63) is 29.6 Å². The van der Waals surface area contributed by atoms with E-state index in [1.54, 1.807) is 6.07 Å². The molecule has 2 saturated carbocycles. The Morgan fingerprint density at radius 1 is 1.04 bits per heavy atom. The lowest BCUT2D eigenvalue weighted by Crippen LogP contribution is -2.53. The second-order valence-corrected chi connectivity index (χ2v) is 7.99. The third-order valence-electron chi connectivity index (χ3n) is 6.51. The second kappa shape index (κ2) is 7.66. The first-order valence-corrected chi connectivity index (χ1v) is 10.1. The molecule has 2 fully saturated rings. The molecule has 1 atom stereocenters. The topological polar surface area (TPSA) is 65.0 Å². The Morgan fingerprint density at radius 2 is 1.63 bits per heavy atom. The number of fused-ring (bicyclic) bond motifs is 1. The van der Waals surface area contributed by atoms with Crippen molar-refractivity contribution in [1.82, 2.24) is 0 Å². The molecule has 0 spiro atoms. The van der Waals surface area contributed by atoms with Crippen molar-refractivity contribution in [3.63, 3.8) is 0 Å². The van der Waals surface area contributed by atoms with Crippen LogP contribution in [0.25, 0.3) is 0 Å². The minimum Gasteiger partial charge on any atom is -0.450 e. The van der Waals surface area contributed by atoms with E-state index in [2.05, 4.69) is 0 Å². The highest BCUT2D eigenvalue weighted by Crippen LogP contribution is 2.56. The molecule has 4 rings (SSSR count). The predicted octanol–water partition coefficient (Wildman–Crippen LogP) is 5.57. The highest BCUT2D eigenvalue weighted by atomic mass is 19.1. The fraction of sp³-hybridized carbons (Fsp3) is 0.667. The van der Waals surface area contributed by atoms with Crippen molar-refractivity contribution in [2.75, 3.05) is 0 Å². The molecule has 0 aromatic heterocycles. The van der Waals surface area contributed by atoms with Gasteiger partial charge in [0.2, 0.25) is 0 Å². The number of carboxylic acid groups (broad SMARTS) is 1. The molecule has 1 aromatic carbocycles. The summed E-state index contributed by atoms with van der Waals surface area (Å²) in [7, 11) is 0. The van der Waals surface area contributed by atoms with Gasteiger partial charge in [0.25, 0.3) is 0 Å². The maximum atomic E-state index is 14.7. The van der Waals surface area contributed by atoms with E-state index in [0.29, 0.717) is 0 Å². The van der Waals surface area contributed by atoms with Gasteiger partial charge in [0.05, 0.1) is 0 Å². The quantitative estimate of drug-likeness (QED) is 0.697. The van der Waals surface area contributed by atoms with Gasteiger partial charge in [-0.05, 0) is 43.6 Å². The van der Waals surface area contributed by atoms with Crippen LogP contribution in [0.2, 0.25) is 0 Å². The molecule has 0 saturated heterocycles. The lowest BCUT2D eigenvalue weighted by Gasteiger charge is -2.52. The normalized spacial score (nSPS) is 26.0. The summed E-state index contributed by atoms with van der Waals surface area (Å²) in [5, 5.41) is 9.10. The van der Waals surface area contributed by atoms with Crippen molar-refractivity contribution in [3.8, 4) is 5.75 Å². The first-order chi connectivity index (χ1) is 13.1. The van der Waals surface area contributed by atoms with Crippen molar-refractivity contribution in [1.29, 1.82) is 0 Å². The third kappa shape index (κ3) is 3.40. The van der Waals surface area contributed by atoms with Crippen LogP contribution < -0.4 is 4.74 Å². The molecule has 0 bridgehead atoms. The lowest BCUT2D eigenvalue weighted by atomic mass is 9.63. The van der Waals surface area contributed by atoms with Crippen LogP contribution in [0.5, 0.6) is 5.75 Å². The SMILES string of the molecule is O=C(O)OC1Oc2c(F)cccc2C(C2CCCCC2)(C2CCCCC2)O1. The molecule has 3 aliphatic rings. The van der Waals surface area contributed by atoms with E-state index >= 15 is 0 Å². The fourth-order valence-electron chi connectivity index (χ4n) is 5.44. The number of hydrogen-bond donors (Lipinski definition) is 1. The van der Waals surface area contributed by atoms with Crippen molar-refractivity contribution < 1.29 is 28.5 Å². The number of para-hydroxylation sites is 1. The van der Waals surface area contributed by atoms with Crippen molar-refractivity contribution in [2.24, 2.45) is 11.8 Å². The fourth-order valence-corrected chi connectivity index (χ4v) is 5.44. The van der Waals surface area contributed by atoms with Gasteiger partial charge in [-0.25, -0.2) is 9.18 Å². The number of rotatable bonds is 3. The molecule has 1 N–H and O–H groups in total. The molecular weight excluding hydrogens is 351 g/mol. The van der Waals surface area contributed by atoms with Gasteiger partial charge in [-0.15, -0.1) is 0 Å². The van der Waals surface area contributed by atoms with Gasteiger partial charge >= 0.3 is 12.6 Å².